The Labute approximate surface area is 145 Å². The number of fused-ring (bicyclic) bond motifs is 2. The van der Waals surface area contributed by atoms with E-state index in [0.717, 1.165) is 34.0 Å². The number of rotatable bonds is 3. The Kier molecular flexibility index (Phi) is 3.56. The van der Waals surface area contributed by atoms with E-state index in [1.54, 1.807) is 23.0 Å². The van der Waals surface area contributed by atoms with Crippen molar-refractivity contribution in [2.75, 3.05) is 0 Å². The number of nitriles is 1. The number of aromatic nitrogens is 3. The molecule has 25 heavy (non-hydrogen) atoms. The first kappa shape index (κ1) is 15.4. The van der Waals surface area contributed by atoms with E-state index < -0.39 is 6.23 Å². The summed E-state index contributed by atoms with van der Waals surface area (Å²) in [5.41, 5.74) is 6.29. The van der Waals surface area contributed by atoms with E-state index >= 15 is 0 Å². The van der Waals surface area contributed by atoms with Crippen LogP contribution >= 0.6 is 0 Å². The number of aliphatic hydroxyl groups is 1. The van der Waals surface area contributed by atoms with Gasteiger partial charge in [-0.05, 0) is 48.7 Å². The van der Waals surface area contributed by atoms with E-state index in [4.69, 9.17) is 5.26 Å². The second kappa shape index (κ2) is 5.76. The van der Waals surface area contributed by atoms with Crippen molar-refractivity contribution in [3.63, 3.8) is 0 Å². The number of benzene rings is 2. The van der Waals surface area contributed by atoms with Gasteiger partial charge in [0.25, 0.3) is 0 Å². The summed E-state index contributed by atoms with van der Waals surface area (Å²) < 4.78 is 1.76. The third-order valence-corrected chi connectivity index (χ3v) is 4.77. The van der Waals surface area contributed by atoms with Gasteiger partial charge in [-0.3, -0.25) is 4.57 Å². The van der Waals surface area contributed by atoms with Gasteiger partial charge in [-0.1, -0.05) is 13.0 Å². The van der Waals surface area contributed by atoms with Gasteiger partial charge in [-0.15, -0.1) is 0 Å². The van der Waals surface area contributed by atoms with Gasteiger partial charge in [0, 0.05) is 22.7 Å². The molecule has 4 rings (SSSR count). The first-order valence-corrected chi connectivity index (χ1v) is 8.28. The molecule has 0 aliphatic carbocycles. The van der Waals surface area contributed by atoms with E-state index in [2.05, 4.69) is 36.0 Å². The molecule has 124 valence electrons. The maximum Gasteiger partial charge on any atom is 0.159 e. The Morgan fingerprint density at radius 3 is 2.92 bits per heavy atom. The number of nitrogens with one attached hydrogen (secondary N) is 1. The summed E-state index contributed by atoms with van der Waals surface area (Å²) in [6.45, 7) is 4.17. The van der Waals surface area contributed by atoms with Crippen LogP contribution in [-0.2, 0) is 6.42 Å². The molecular formula is C20H18N4O. The molecule has 1 unspecified atom stereocenters. The smallest absolute Gasteiger partial charge is 0.159 e. The lowest BCUT2D eigenvalue weighted by atomic mass is 9.96. The van der Waals surface area contributed by atoms with Gasteiger partial charge in [0.15, 0.2) is 6.23 Å². The molecule has 2 N–H and O–H groups in total. The number of aromatic amines is 1. The monoisotopic (exact) mass is 330 g/mol. The lowest BCUT2D eigenvalue weighted by molar-refractivity contribution is 0.151. The minimum absolute atomic E-state index is 0.560. The fourth-order valence-electron chi connectivity index (χ4n) is 3.54. The van der Waals surface area contributed by atoms with E-state index in [9.17, 15) is 5.11 Å². The van der Waals surface area contributed by atoms with Gasteiger partial charge in [0.05, 0.1) is 29.0 Å². The standard InChI is InChI=1S/C20H18N4O/c1-3-14-8-12(2)19-15(6-7-22-19)18(14)20(25)24-11-23-16-9-13(10-21)4-5-17(16)24/h4-9,11,20,22,25H,3H2,1-2H3. The molecule has 4 aromatic rings. The number of imidazole rings is 1. The zero-order valence-corrected chi connectivity index (χ0v) is 14.1. The molecule has 1 atom stereocenters. The zero-order valence-electron chi connectivity index (χ0n) is 14.1. The topological polar surface area (TPSA) is 77.6 Å². The Balaban J connectivity index is 1.94. The highest BCUT2D eigenvalue weighted by Crippen LogP contribution is 2.33. The fraction of sp³-hybridized carbons (Fsp3) is 0.200. The molecule has 0 radical (unpaired) electrons. The summed E-state index contributed by atoms with van der Waals surface area (Å²) in [5, 5.41) is 21.2. The maximum atomic E-state index is 11.2. The molecule has 0 bridgehead atoms. The molecule has 0 fully saturated rings. The second-order valence-electron chi connectivity index (χ2n) is 6.23. The average Bonchev–Trinajstić information content (AvgIpc) is 3.27. The molecule has 0 amide bonds. The predicted molar refractivity (Wildman–Crippen MR) is 97.2 cm³/mol. The molecule has 5 nitrogen and oxygen atoms in total. The molecule has 0 saturated heterocycles. The van der Waals surface area contributed by atoms with Crippen molar-refractivity contribution in [3.05, 3.63) is 65.1 Å². The van der Waals surface area contributed by atoms with E-state index in [-0.39, 0.29) is 0 Å². The Morgan fingerprint density at radius 1 is 1.32 bits per heavy atom. The van der Waals surface area contributed by atoms with Gasteiger partial charge in [0.1, 0.15) is 0 Å². The highest BCUT2D eigenvalue weighted by Gasteiger charge is 2.20. The molecule has 2 aromatic heterocycles. The minimum atomic E-state index is -0.841. The molecule has 0 aliphatic heterocycles. The average molecular weight is 330 g/mol. The van der Waals surface area contributed by atoms with Crippen LogP contribution < -0.4 is 0 Å². The van der Waals surface area contributed by atoms with Gasteiger partial charge in [-0.25, -0.2) is 4.98 Å². The number of nitrogens with zero attached hydrogens (tertiary/aromatic N) is 3. The van der Waals surface area contributed by atoms with Crippen molar-refractivity contribution in [2.45, 2.75) is 26.5 Å². The quantitative estimate of drug-likeness (QED) is 0.600. The van der Waals surface area contributed by atoms with E-state index in [0.29, 0.717) is 11.1 Å². The fourth-order valence-corrected chi connectivity index (χ4v) is 3.54. The Bertz CT molecular complexity index is 1130. The molecule has 0 spiro atoms. The second-order valence-corrected chi connectivity index (χ2v) is 6.23. The van der Waals surface area contributed by atoms with Crippen LogP contribution in [0.3, 0.4) is 0 Å². The van der Waals surface area contributed by atoms with Crippen LogP contribution in [0.15, 0.2) is 42.9 Å². The van der Waals surface area contributed by atoms with Crippen LogP contribution in [0.5, 0.6) is 0 Å². The Morgan fingerprint density at radius 2 is 2.16 bits per heavy atom. The zero-order chi connectivity index (χ0) is 17.6. The van der Waals surface area contributed by atoms with Gasteiger partial charge in [0.2, 0.25) is 0 Å². The highest BCUT2D eigenvalue weighted by molar-refractivity contribution is 5.88. The normalized spacial score (nSPS) is 12.6. The third-order valence-electron chi connectivity index (χ3n) is 4.77. The first-order chi connectivity index (χ1) is 12.1. The predicted octanol–water partition coefficient (Wildman–Crippen LogP) is 3.80. The molecular weight excluding hydrogens is 312 g/mol. The largest absolute Gasteiger partial charge is 0.369 e. The number of hydrogen-bond acceptors (Lipinski definition) is 3. The summed E-state index contributed by atoms with van der Waals surface area (Å²) in [6.07, 6.45) is 3.53. The van der Waals surface area contributed by atoms with E-state index in [1.807, 2.05) is 18.3 Å². The summed E-state index contributed by atoms with van der Waals surface area (Å²) in [5.74, 6) is 0. The van der Waals surface area contributed by atoms with Crippen LogP contribution in [0.2, 0.25) is 0 Å². The van der Waals surface area contributed by atoms with Crippen molar-refractivity contribution >= 4 is 21.9 Å². The SMILES string of the molecule is CCc1cc(C)c2[nH]ccc2c1C(O)n1cnc2cc(C#N)ccc21. The van der Waals surface area contributed by atoms with Gasteiger partial charge in [-0.2, -0.15) is 5.26 Å². The minimum Gasteiger partial charge on any atom is -0.369 e. The molecule has 0 saturated carbocycles. The van der Waals surface area contributed by atoms with Crippen LogP contribution in [0.1, 0.15) is 35.4 Å². The number of aliphatic hydroxyl groups excluding tert-OH is 1. The number of hydrogen-bond donors (Lipinski definition) is 2. The summed E-state index contributed by atoms with van der Waals surface area (Å²) in [7, 11) is 0. The van der Waals surface area contributed by atoms with Crippen LogP contribution in [-0.4, -0.2) is 19.6 Å². The number of H-pyrrole nitrogens is 1. The van der Waals surface area contributed by atoms with Crippen LogP contribution in [0, 0.1) is 18.3 Å². The third kappa shape index (κ3) is 2.31. The highest BCUT2D eigenvalue weighted by atomic mass is 16.3. The van der Waals surface area contributed by atoms with Gasteiger partial charge < -0.3 is 10.1 Å². The summed E-state index contributed by atoms with van der Waals surface area (Å²) in [6, 6.07) is 11.6. The van der Waals surface area contributed by atoms with E-state index in [1.165, 1.54) is 5.56 Å². The molecule has 0 aliphatic rings. The number of aryl methyl sites for hydroxylation is 2. The van der Waals surface area contributed by atoms with Gasteiger partial charge >= 0.3 is 0 Å². The lowest BCUT2D eigenvalue weighted by Gasteiger charge is -2.19. The van der Waals surface area contributed by atoms with Crippen LogP contribution in [0.25, 0.3) is 21.9 Å². The summed E-state index contributed by atoms with van der Waals surface area (Å²) >= 11 is 0. The summed E-state index contributed by atoms with van der Waals surface area (Å²) in [4.78, 5) is 7.62. The molecule has 5 heteroatoms. The van der Waals surface area contributed by atoms with Crippen molar-refractivity contribution < 1.29 is 5.11 Å². The Hall–Kier alpha value is -3.10. The van der Waals surface area contributed by atoms with Crippen molar-refractivity contribution in [1.29, 1.82) is 5.26 Å². The lowest BCUT2D eigenvalue weighted by Crippen LogP contribution is -2.12. The maximum absolute atomic E-state index is 11.2. The van der Waals surface area contributed by atoms with Crippen molar-refractivity contribution in [3.8, 4) is 6.07 Å². The van der Waals surface area contributed by atoms with Crippen LogP contribution in [0.4, 0.5) is 0 Å². The van der Waals surface area contributed by atoms with Crippen molar-refractivity contribution in [2.24, 2.45) is 0 Å². The molecule has 2 heterocycles. The van der Waals surface area contributed by atoms with Crippen molar-refractivity contribution in [1.82, 2.24) is 14.5 Å². The molecule has 2 aromatic carbocycles. The first-order valence-electron chi connectivity index (χ1n) is 8.28.